The molecule has 0 unspecified atom stereocenters. The third-order valence-corrected chi connectivity index (χ3v) is 5.27. The number of nitrogens with two attached hydrogens (primary N) is 1. The highest BCUT2D eigenvalue weighted by molar-refractivity contribution is 5.77. The molecule has 1 fully saturated rings. The Morgan fingerprint density at radius 1 is 1.17 bits per heavy atom. The van der Waals surface area contributed by atoms with Crippen molar-refractivity contribution < 1.29 is 14.2 Å². The van der Waals surface area contributed by atoms with Crippen LogP contribution in [-0.4, -0.2) is 76.0 Å². The summed E-state index contributed by atoms with van der Waals surface area (Å²) in [6, 6.07) is 0. The molecule has 0 bridgehead atoms. The maximum absolute atomic E-state index is 5.95. The first-order chi connectivity index (χ1) is 14.6. The molecule has 10 nitrogen and oxygen atoms in total. The van der Waals surface area contributed by atoms with Gasteiger partial charge in [-0.1, -0.05) is 0 Å². The number of anilines is 1. The van der Waals surface area contributed by atoms with Gasteiger partial charge in [0.15, 0.2) is 11.2 Å². The summed E-state index contributed by atoms with van der Waals surface area (Å²) in [7, 11) is 1.67. The quantitative estimate of drug-likeness (QED) is 0.610. The van der Waals surface area contributed by atoms with Gasteiger partial charge in [0.2, 0.25) is 11.8 Å². The van der Waals surface area contributed by atoms with Gasteiger partial charge in [-0.15, -0.1) is 0 Å². The van der Waals surface area contributed by atoms with Crippen LogP contribution in [-0.2, 0) is 11.3 Å². The monoisotopic (exact) mass is 413 g/mol. The molecule has 0 saturated carbocycles. The Morgan fingerprint density at radius 2 is 1.97 bits per heavy atom. The van der Waals surface area contributed by atoms with E-state index >= 15 is 0 Å². The lowest BCUT2D eigenvalue weighted by Gasteiger charge is -2.26. The molecule has 0 atom stereocenters. The predicted octanol–water partition coefficient (Wildman–Crippen LogP) is 1.19. The number of methoxy groups -OCH3 is 1. The Balaban J connectivity index is 1.55. The molecule has 1 saturated heterocycles. The van der Waals surface area contributed by atoms with E-state index in [0.29, 0.717) is 30.2 Å². The third-order valence-electron chi connectivity index (χ3n) is 5.27. The van der Waals surface area contributed by atoms with Crippen molar-refractivity contribution in [2.45, 2.75) is 20.4 Å². The van der Waals surface area contributed by atoms with Gasteiger partial charge < -0.3 is 24.5 Å². The summed E-state index contributed by atoms with van der Waals surface area (Å²) in [6.07, 6.45) is 3.52. The average Bonchev–Trinajstić information content (AvgIpc) is 3.14. The standard InChI is InChI=1S/C20H27N7O3/c1-13-10-22-15(14(2)17(13)28-3)11-27-12-23-16-18(27)24-20(21)25-19(16)30-9-6-26-4-7-29-8-5-26/h10,12H,4-9,11H2,1-3H3,(H2,21,24,25). The van der Waals surface area contributed by atoms with Crippen molar-refractivity contribution in [1.29, 1.82) is 0 Å². The lowest BCUT2D eigenvalue weighted by atomic mass is 10.1. The molecule has 0 aromatic carbocycles. The number of imidazole rings is 1. The van der Waals surface area contributed by atoms with E-state index in [-0.39, 0.29) is 5.95 Å². The van der Waals surface area contributed by atoms with Crippen LogP contribution < -0.4 is 15.2 Å². The molecule has 0 spiro atoms. The molecule has 0 aliphatic carbocycles. The Labute approximate surface area is 175 Å². The van der Waals surface area contributed by atoms with E-state index in [0.717, 1.165) is 55.4 Å². The van der Waals surface area contributed by atoms with Gasteiger partial charge in [0.25, 0.3) is 0 Å². The zero-order valence-electron chi connectivity index (χ0n) is 17.6. The summed E-state index contributed by atoms with van der Waals surface area (Å²) in [5, 5.41) is 0. The van der Waals surface area contributed by atoms with Gasteiger partial charge in [0.1, 0.15) is 12.4 Å². The first kappa shape index (κ1) is 20.3. The van der Waals surface area contributed by atoms with Crippen molar-refractivity contribution in [3.8, 4) is 11.6 Å². The molecular formula is C20H27N7O3. The van der Waals surface area contributed by atoms with Gasteiger partial charge in [-0.2, -0.15) is 9.97 Å². The molecule has 160 valence electrons. The second-order valence-corrected chi connectivity index (χ2v) is 7.28. The molecule has 2 N–H and O–H groups in total. The molecule has 1 aliphatic rings. The Kier molecular flexibility index (Phi) is 5.96. The van der Waals surface area contributed by atoms with Crippen LogP contribution in [0.3, 0.4) is 0 Å². The number of hydrogen-bond acceptors (Lipinski definition) is 9. The summed E-state index contributed by atoms with van der Waals surface area (Å²) in [5.41, 5.74) is 10.0. The highest BCUT2D eigenvalue weighted by Gasteiger charge is 2.17. The van der Waals surface area contributed by atoms with Crippen molar-refractivity contribution >= 4 is 17.1 Å². The minimum atomic E-state index is 0.150. The fraction of sp³-hybridized carbons (Fsp3) is 0.500. The SMILES string of the molecule is COc1c(C)cnc(Cn2cnc3c(OCCN4CCOCC4)nc(N)nc32)c1C. The number of morpholine rings is 1. The maximum atomic E-state index is 5.95. The molecule has 0 amide bonds. The van der Waals surface area contributed by atoms with Gasteiger partial charge in [-0.25, -0.2) is 4.98 Å². The minimum Gasteiger partial charge on any atom is -0.496 e. The highest BCUT2D eigenvalue weighted by Crippen LogP contribution is 2.26. The number of nitrogens with zero attached hydrogens (tertiary/aromatic N) is 6. The first-order valence-corrected chi connectivity index (χ1v) is 9.97. The smallest absolute Gasteiger partial charge is 0.247 e. The highest BCUT2D eigenvalue weighted by atomic mass is 16.5. The molecular weight excluding hydrogens is 386 g/mol. The lowest BCUT2D eigenvalue weighted by molar-refractivity contribution is 0.0321. The Bertz CT molecular complexity index is 1030. The number of pyridine rings is 1. The number of nitrogen functional groups attached to an aromatic ring is 1. The fourth-order valence-corrected chi connectivity index (χ4v) is 3.64. The van der Waals surface area contributed by atoms with Crippen LogP contribution in [0.1, 0.15) is 16.8 Å². The largest absolute Gasteiger partial charge is 0.496 e. The molecule has 4 heterocycles. The van der Waals surface area contributed by atoms with E-state index in [1.54, 1.807) is 13.4 Å². The van der Waals surface area contributed by atoms with Gasteiger partial charge in [-0.3, -0.25) is 9.88 Å². The van der Waals surface area contributed by atoms with Crippen LogP contribution in [0.5, 0.6) is 11.6 Å². The predicted molar refractivity (Wildman–Crippen MR) is 112 cm³/mol. The van der Waals surface area contributed by atoms with Crippen LogP contribution in [0.2, 0.25) is 0 Å². The molecule has 1 aliphatic heterocycles. The number of aryl methyl sites for hydroxylation is 1. The van der Waals surface area contributed by atoms with Crippen molar-refractivity contribution in [1.82, 2.24) is 29.4 Å². The second kappa shape index (κ2) is 8.80. The van der Waals surface area contributed by atoms with Crippen LogP contribution in [0.15, 0.2) is 12.5 Å². The van der Waals surface area contributed by atoms with E-state index in [9.17, 15) is 0 Å². The third kappa shape index (κ3) is 4.14. The summed E-state index contributed by atoms with van der Waals surface area (Å²) in [4.78, 5) is 20.0. The number of hydrogen-bond donors (Lipinski definition) is 1. The van der Waals surface area contributed by atoms with Gasteiger partial charge in [0.05, 0.1) is 38.9 Å². The maximum Gasteiger partial charge on any atom is 0.247 e. The van der Waals surface area contributed by atoms with Crippen LogP contribution in [0.25, 0.3) is 11.2 Å². The first-order valence-electron chi connectivity index (χ1n) is 9.97. The summed E-state index contributed by atoms with van der Waals surface area (Å²) in [6.45, 7) is 9.08. The Hall–Kier alpha value is -2.98. The summed E-state index contributed by atoms with van der Waals surface area (Å²) >= 11 is 0. The van der Waals surface area contributed by atoms with Crippen molar-refractivity contribution in [2.24, 2.45) is 0 Å². The minimum absolute atomic E-state index is 0.150. The molecule has 0 radical (unpaired) electrons. The van der Waals surface area contributed by atoms with Crippen LogP contribution in [0.4, 0.5) is 5.95 Å². The number of aromatic nitrogens is 5. The summed E-state index contributed by atoms with van der Waals surface area (Å²) < 4.78 is 18.7. The summed E-state index contributed by atoms with van der Waals surface area (Å²) in [5.74, 6) is 1.39. The molecule has 30 heavy (non-hydrogen) atoms. The number of ether oxygens (including phenoxy) is 3. The fourth-order valence-electron chi connectivity index (χ4n) is 3.64. The van der Waals surface area contributed by atoms with E-state index < -0.39 is 0 Å². The van der Waals surface area contributed by atoms with Gasteiger partial charge in [0, 0.05) is 37.0 Å². The zero-order chi connectivity index (χ0) is 21.1. The van der Waals surface area contributed by atoms with Gasteiger partial charge in [-0.05, 0) is 13.8 Å². The van der Waals surface area contributed by atoms with E-state index in [2.05, 4.69) is 24.8 Å². The van der Waals surface area contributed by atoms with E-state index in [1.807, 2.05) is 24.6 Å². The van der Waals surface area contributed by atoms with Crippen LogP contribution in [0, 0.1) is 13.8 Å². The zero-order valence-corrected chi connectivity index (χ0v) is 17.6. The van der Waals surface area contributed by atoms with Crippen molar-refractivity contribution in [2.75, 3.05) is 52.3 Å². The second-order valence-electron chi connectivity index (χ2n) is 7.28. The van der Waals surface area contributed by atoms with E-state index in [4.69, 9.17) is 19.9 Å². The van der Waals surface area contributed by atoms with E-state index in [1.165, 1.54) is 0 Å². The number of rotatable bonds is 7. The normalized spacial score (nSPS) is 14.9. The molecule has 3 aromatic heterocycles. The number of fused-ring (bicyclic) bond motifs is 1. The Morgan fingerprint density at radius 3 is 2.73 bits per heavy atom. The average molecular weight is 413 g/mol. The van der Waals surface area contributed by atoms with Crippen molar-refractivity contribution in [3.05, 3.63) is 29.3 Å². The molecule has 10 heteroatoms. The topological polar surface area (TPSA) is 113 Å². The van der Waals surface area contributed by atoms with Gasteiger partial charge >= 0.3 is 0 Å². The molecule has 3 aromatic rings. The van der Waals surface area contributed by atoms with Crippen LogP contribution >= 0.6 is 0 Å². The van der Waals surface area contributed by atoms with Crippen molar-refractivity contribution in [3.63, 3.8) is 0 Å². The lowest BCUT2D eigenvalue weighted by Crippen LogP contribution is -2.38. The molecule has 4 rings (SSSR count).